The minimum atomic E-state index is -1.24. The first-order valence-electron chi connectivity index (χ1n) is 5.98. The molecule has 1 atom stereocenters. The number of nitrogens with zero attached hydrogens (tertiary/aromatic N) is 1. The smallest absolute Gasteiger partial charge is 0.406 e. The molecule has 1 heterocycles. The molecule has 2 aromatic rings. The second kappa shape index (κ2) is 6.27. The van der Waals surface area contributed by atoms with Gasteiger partial charge in [-0.05, 0) is 24.6 Å². The van der Waals surface area contributed by atoms with Crippen LogP contribution in [0.25, 0.3) is 11.1 Å². The molecule has 0 bridgehead atoms. The Bertz CT molecular complexity index is 654. The van der Waals surface area contributed by atoms with Gasteiger partial charge in [0, 0.05) is 5.02 Å². The topological polar surface area (TPSA) is 104 Å². The van der Waals surface area contributed by atoms with Crippen molar-refractivity contribution in [2.24, 2.45) is 0 Å². The minimum absolute atomic E-state index is 0.0661. The van der Waals surface area contributed by atoms with Crippen molar-refractivity contribution in [2.45, 2.75) is 13.1 Å². The van der Waals surface area contributed by atoms with Crippen molar-refractivity contribution < 1.29 is 19.2 Å². The first-order valence-corrected chi connectivity index (χ1v) is 6.36. The monoisotopic (exact) mass is 309 g/mol. The molecular weight excluding hydrogens is 298 g/mol. The van der Waals surface area contributed by atoms with Crippen LogP contribution in [0.1, 0.15) is 17.4 Å². The van der Waals surface area contributed by atoms with Gasteiger partial charge in [-0.1, -0.05) is 28.9 Å². The molecule has 2 amide bonds. The van der Waals surface area contributed by atoms with Gasteiger partial charge in [0.2, 0.25) is 0 Å². The van der Waals surface area contributed by atoms with E-state index in [1.54, 1.807) is 24.3 Å². The molecule has 110 valence electrons. The lowest BCUT2D eigenvalue weighted by Crippen LogP contribution is -2.45. The van der Waals surface area contributed by atoms with Crippen LogP contribution in [0, 0.1) is 0 Å². The van der Waals surface area contributed by atoms with Crippen molar-refractivity contribution >= 4 is 23.6 Å². The zero-order chi connectivity index (χ0) is 15.4. The Balaban J connectivity index is 2.18. The minimum Gasteiger partial charge on any atom is -0.465 e. The predicted molar refractivity (Wildman–Crippen MR) is 75.0 cm³/mol. The van der Waals surface area contributed by atoms with E-state index in [0.29, 0.717) is 16.1 Å². The van der Waals surface area contributed by atoms with E-state index in [1.807, 2.05) is 0 Å². The maximum absolute atomic E-state index is 12.1. The SMILES string of the molecule is CC(NC(=O)O)NC(=O)c1nocc1-c1ccc(Cl)cc1. The summed E-state index contributed by atoms with van der Waals surface area (Å²) in [7, 11) is 0. The average Bonchev–Trinajstić information content (AvgIpc) is 2.87. The molecule has 8 heteroatoms. The maximum atomic E-state index is 12.1. The molecule has 0 aliphatic rings. The lowest BCUT2D eigenvalue weighted by atomic mass is 10.1. The molecule has 0 saturated heterocycles. The second-order valence-corrected chi connectivity index (χ2v) is 4.66. The number of hydrogen-bond donors (Lipinski definition) is 3. The highest BCUT2D eigenvalue weighted by molar-refractivity contribution is 6.30. The Labute approximate surface area is 124 Å². The van der Waals surface area contributed by atoms with E-state index in [-0.39, 0.29) is 5.69 Å². The van der Waals surface area contributed by atoms with E-state index in [2.05, 4.69) is 15.8 Å². The Kier molecular flexibility index (Phi) is 4.44. The fourth-order valence-electron chi connectivity index (χ4n) is 1.72. The number of carbonyl (C=O) groups is 2. The number of rotatable bonds is 4. The van der Waals surface area contributed by atoms with Crippen LogP contribution >= 0.6 is 11.6 Å². The van der Waals surface area contributed by atoms with Gasteiger partial charge in [-0.15, -0.1) is 0 Å². The number of carboxylic acid groups (broad SMARTS) is 1. The zero-order valence-corrected chi connectivity index (χ0v) is 11.7. The number of amides is 2. The van der Waals surface area contributed by atoms with E-state index in [4.69, 9.17) is 21.2 Å². The quantitative estimate of drug-likeness (QED) is 0.752. The standard InChI is InChI=1S/C13H12ClN3O4/c1-7(16-13(19)20)15-12(18)11-10(6-21-17-11)8-2-4-9(14)5-3-8/h2-7,16H,1H3,(H,15,18)(H,19,20). The highest BCUT2D eigenvalue weighted by atomic mass is 35.5. The summed E-state index contributed by atoms with van der Waals surface area (Å²) in [5.74, 6) is -0.546. The molecule has 0 saturated carbocycles. The summed E-state index contributed by atoms with van der Waals surface area (Å²) in [6.45, 7) is 1.49. The highest BCUT2D eigenvalue weighted by Gasteiger charge is 2.19. The van der Waals surface area contributed by atoms with Crippen LogP contribution in [-0.2, 0) is 0 Å². The summed E-state index contributed by atoms with van der Waals surface area (Å²) in [4.78, 5) is 22.6. The Morgan fingerprint density at radius 1 is 1.29 bits per heavy atom. The van der Waals surface area contributed by atoms with E-state index in [0.717, 1.165) is 0 Å². The van der Waals surface area contributed by atoms with Crippen LogP contribution in [0.4, 0.5) is 4.79 Å². The normalized spacial score (nSPS) is 11.7. The van der Waals surface area contributed by atoms with Crippen LogP contribution in [0.3, 0.4) is 0 Å². The third kappa shape index (κ3) is 3.73. The first-order chi connectivity index (χ1) is 9.97. The van der Waals surface area contributed by atoms with Gasteiger partial charge in [-0.2, -0.15) is 0 Å². The summed E-state index contributed by atoms with van der Waals surface area (Å²) >= 11 is 5.81. The lowest BCUT2D eigenvalue weighted by molar-refractivity contribution is 0.0925. The summed E-state index contributed by atoms with van der Waals surface area (Å²) in [6.07, 6.45) is -0.654. The molecule has 0 fully saturated rings. The van der Waals surface area contributed by atoms with Gasteiger partial charge in [0.1, 0.15) is 12.4 Å². The number of halogens is 1. The molecule has 1 unspecified atom stereocenters. The second-order valence-electron chi connectivity index (χ2n) is 4.23. The number of nitrogens with one attached hydrogen (secondary N) is 2. The van der Waals surface area contributed by atoms with Crippen molar-refractivity contribution in [3.63, 3.8) is 0 Å². The Morgan fingerprint density at radius 3 is 2.57 bits per heavy atom. The van der Waals surface area contributed by atoms with Crippen LogP contribution in [0.2, 0.25) is 5.02 Å². The van der Waals surface area contributed by atoms with E-state index < -0.39 is 18.2 Å². The lowest BCUT2D eigenvalue weighted by Gasteiger charge is -2.12. The van der Waals surface area contributed by atoms with Gasteiger partial charge in [0.25, 0.3) is 5.91 Å². The third-order valence-electron chi connectivity index (χ3n) is 2.63. The Morgan fingerprint density at radius 2 is 1.95 bits per heavy atom. The highest BCUT2D eigenvalue weighted by Crippen LogP contribution is 2.24. The van der Waals surface area contributed by atoms with Gasteiger partial charge in [0.15, 0.2) is 5.69 Å². The number of carbonyl (C=O) groups excluding carboxylic acids is 1. The van der Waals surface area contributed by atoms with Gasteiger partial charge >= 0.3 is 6.09 Å². The number of hydrogen-bond acceptors (Lipinski definition) is 4. The van der Waals surface area contributed by atoms with Gasteiger partial charge in [-0.25, -0.2) is 4.79 Å². The van der Waals surface area contributed by atoms with Gasteiger partial charge in [0.05, 0.1) is 5.56 Å². The van der Waals surface area contributed by atoms with Crippen molar-refractivity contribution in [3.05, 3.63) is 41.2 Å². The van der Waals surface area contributed by atoms with Crippen LogP contribution in [0.15, 0.2) is 35.1 Å². The Hall–Kier alpha value is -2.54. The van der Waals surface area contributed by atoms with Crippen LogP contribution in [-0.4, -0.2) is 28.4 Å². The fraction of sp³-hybridized carbons (Fsp3) is 0.154. The van der Waals surface area contributed by atoms with Gasteiger partial charge in [-0.3, -0.25) is 4.79 Å². The average molecular weight is 310 g/mol. The van der Waals surface area contributed by atoms with Crippen molar-refractivity contribution in [1.82, 2.24) is 15.8 Å². The van der Waals surface area contributed by atoms with Gasteiger partial charge < -0.3 is 20.3 Å². The number of aromatic nitrogens is 1. The summed E-state index contributed by atoms with van der Waals surface area (Å²) in [5.41, 5.74) is 1.27. The number of benzene rings is 1. The van der Waals surface area contributed by atoms with Crippen molar-refractivity contribution in [2.75, 3.05) is 0 Å². The maximum Gasteiger partial charge on any atom is 0.406 e. The molecule has 0 aliphatic carbocycles. The molecule has 2 rings (SSSR count). The largest absolute Gasteiger partial charge is 0.465 e. The van der Waals surface area contributed by atoms with E-state index in [1.165, 1.54) is 13.2 Å². The predicted octanol–water partition coefficient (Wildman–Crippen LogP) is 2.34. The molecule has 3 N–H and O–H groups in total. The fourth-order valence-corrected chi connectivity index (χ4v) is 1.85. The molecule has 7 nitrogen and oxygen atoms in total. The molecule has 0 aliphatic heterocycles. The molecule has 0 radical (unpaired) electrons. The summed E-state index contributed by atoms with van der Waals surface area (Å²) in [6, 6.07) is 6.81. The molecule has 21 heavy (non-hydrogen) atoms. The van der Waals surface area contributed by atoms with Crippen molar-refractivity contribution in [1.29, 1.82) is 0 Å². The molecule has 1 aromatic carbocycles. The molecular formula is C13H12ClN3O4. The summed E-state index contributed by atoms with van der Waals surface area (Å²) in [5, 5.41) is 17.4. The third-order valence-corrected chi connectivity index (χ3v) is 2.88. The van der Waals surface area contributed by atoms with Crippen molar-refractivity contribution in [3.8, 4) is 11.1 Å². The van der Waals surface area contributed by atoms with Crippen LogP contribution < -0.4 is 10.6 Å². The zero-order valence-electron chi connectivity index (χ0n) is 11.0. The summed E-state index contributed by atoms with van der Waals surface area (Å²) < 4.78 is 4.83. The van der Waals surface area contributed by atoms with E-state index >= 15 is 0 Å². The van der Waals surface area contributed by atoms with E-state index in [9.17, 15) is 9.59 Å². The molecule has 1 aromatic heterocycles. The first kappa shape index (κ1) is 14.9. The van der Waals surface area contributed by atoms with Crippen LogP contribution in [0.5, 0.6) is 0 Å². The molecule has 0 spiro atoms.